The minimum absolute atomic E-state index is 0.0916. The van der Waals surface area contributed by atoms with Crippen molar-refractivity contribution >= 4 is 28.8 Å². The predicted molar refractivity (Wildman–Crippen MR) is 95.2 cm³/mol. The van der Waals surface area contributed by atoms with Gasteiger partial charge in [0.2, 0.25) is 0 Å². The molecule has 2 aromatic heterocycles. The number of benzene rings is 1. The Bertz CT molecular complexity index is 875. The van der Waals surface area contributed by atoms with E-state index in [1.54, 1.807) is 16.0 Å². The van der Waals surface area contributed by atoms with Crippen molar-refractivity contribution in [3.8, 4) is 10.6 Å². The zero-order chi connectivity index (χ0) is 16.5. The van der Waals surface area contributed by atoms with Gasteiger partial charge in [-0.1, -0.05) is 29.8 Å². The maximum Gasteiger partial charge on any atom is 0.269 e. The molecule has 0 radical (unpaired) electrons. The van der Waals surface area contributed by atoms with Gasteiger partial charge in [0.05, 0.1) is 11.4 Å². The van der Waals surface area contributed by atoms with E-state index in [4.69, 9.17) is 11.6 Å². The van der Waals surface area contributed by atoms with Crippen LogP contribution in [0.25, 0.3) is 10.6 Å². The van der Waals surface area contributed by atoms with Gasteiger partial charge in [-0.2, -0.15) is 5.10 Å². The summed E-state index contributed by atoms with van der Waals surface area (Å²) in [5, 5.41) is 13.7. The van der Waals surface area contributed by atoms with Gasteiger partial charge in [-0.25, -0.2) is 4.68 Å². The largest absolute Gasteiger partial charge is 0.347 e. The number of fused-ring (bicyclic) bond motifs is 1. The molecule has 0 bridgehead atoms. The van der Waals surface area contributed by atoms with Gasteiger partial charge in [0, 0.05) is 11.6 Å². The molecule has 1 aliphatic rings. The van der Waals surface area contributed by atoms with Crippen molar-refractivity contribution in [3.63, 3.8) is 0 Å². The third-order valence-corrected chi connectivity index (χ3v) is 5.05. The fourth-order valence-electron chi connectivity index (χ4n) is 2.75. The molecule has 0 aliphatic carbocycles. The number of nitrogens with zero attached hydrogens (tertiary/aromatic N) is 2. The van der Waals surface area contributed by atoms with Crippen LogP contribution in [0.5, 0.6) is 0 Å². The van der Waals surface area contributed by atoms with Gasteiger partial charge in [-0.3, -0.25) is 10.1 Å². The van der Waals surface area contributed by atoms with Crippen LogP contribution in [0.15, 0.2) is 47.8 Å². The van der Waals surface area contributed by atoms with Gasteiger partial charge in [0.25, 0.3) is 5.91 Å². The third kappa shape index (κ3) is 2.96. The van der Waals surface area contributed by atoms with Crippen LogP contribution < -0.4 is 10.6 Å². The summed E-state index contributed by atoms with van der Waals surface area (Å²) in [6, 6.07) is 13.5. The summed E-state index contributed by atoms with van der Waals surface area (Å²) in [5.74, 6) is -0.0916. The Balaban J connectivity index is 1.58. The molecule has 7 heteroatoms. The van der Waals surface area contributed by atoms with E-state index in [0.29, 0.717) is 23.8 Å². The van der Waals surface area contributed by atoms with Crippen molar-refractivity contribution in [1.29, 1.82) is 0 Å². The van der Waals surface area contributed by atoms with E-state index in [1.807, 2.05) is 47.8 Å². The Labute approximate surface area is 148 Å². The molecule has 1 atom stereocenters. The molecule has 0 saturated heterocycles. The average Bonchev–Trinajstić information content (AvgIpc) is 3.24. The number of halogens is 1. The summed E-state index contributed by atoms with van der Waals surface area (Å²) >= 11 is 7.64. The molecule has 5 nitrogen and oxygen atoms in total. The highest BCUT2D eigenvalue weighted by atomic mass is 35.5. The van der Waals surface area contributed by atoms with E-state index in [-0.39, 0.29) is 12.1 Å². The van der Waals surface area contributed by atoms with Crippen LogP contribution in [0.4, 0.5) is 0 Å². The highest BCUT2D eigenvalue weighted by Crippen LogP contribution is 2.26. The molecule has 3 aromatic rings. The van der Waals surface area contributed by atoms with E-state index >= 15 is 0 Å². The summed E-state index contributed by atoms with van der Waals surface area (Å²) < 4.78 is 1.78. The lowest BCUT2D eigenvalue weighted by atomic mass is 10.2. The third-order valence-electron chi connectivity index (χ3n) is 3.92. The second-order valence-corrected chi connectivity index (χ2v) is 6.96. The second kappa shape index (κ2) is 6.39. The number of thiophene rings is 1. The highest BCUT2D eigenvalue weighted by molar-refractivity contribution is 7.13. The van der Waals surface area contributed by atoms with Crippen LogP contribution in [0.1, 0.15) is 22.2 Å². The molecule has 122 valence electrons. The minimum Gasteiger partial charge on any atom is -0.347 e. The number of nitrogens with one attached hydrogen (secondary N) is 2. The molecule has 1 aliphatic heterocycles. The molecule has 1 amide bonds. The molecular formula is C17H15ClN4OS. The molecule has 2 N–H and O–H groups in total. The first-order chi connectivity index (χ1) is 11.7. The Kier molecular flexibility index (Phi) is 4.10. The fraction of sp³-hybridized carbons (Fsp3) is 0.176. The Morgan fingerprint density at radius 2 is 2.25 bits per heavy atom. The van der Waals surface area contributed by atoms with Crippen molar-refractivity contribution in [2.24, 2.45) is 0 Å². The van der Waals surface area contributed by atoms with Gasteiger partial charge < -0.3 is 5.32 Å². The number of aromatic nitrogens is 2. The normalized spacial score (nSPS) is 16.7. The van der Waals surface area contributed by atoms with E-state index < -0.39 is 0 Å². The van der Waals surface area contributed by atoms with Gasteiger partial charge in [0.1, 0.15) is 17.6 Å². The molecule has 0 saturated carbocycles. The number of hydrogen-bond donors (Lipinski definition) is 2. The van der Waals surface area contributed by atoms with Crippen LogP contribution in [0.3, 0.4) is 0 Å². The molecule has 0 unspecified atom stereocenters. The van der Waals surface area contributed by atoms with Gasteiger partial charge in [-0.15, -0.1) is 11.3 Å². The van der Waals surface area contributed by atoms with E-state index in [9.17, 15) is 4.79 Å². The maximum absolute atomic E-state index is 12.1. The SMILES string of the molecule is O=C1NC[C@H](NCc2cccc(Cl)c2)n2nc(-c3cccs3)cc21. The van der Waals surface area contributed by atoms with Crippen molar-refractivity contribution in [1.82, 2.24) is 20.4 Å². The first-order valence-corrected chi connectivity index (χ1v) is 8.86. The van der Waals surface area contributed by atoms with Crippen molar-refractivity contribution in [2.45, 2.75) is 12.7 Å². The minimum atomic E-state index is -0.0922. The summed E-state index contributed by atoms with van der Waals surface area (Å²) in [5.41, 5.74) is 2.49. The Morgan fingerprint density at radius 3 is 3.04 bits per heavy atom. The number of amides is 1. The standard InChI is InChI=1S/C17H15ClN4OS/c18-12-4-1-3-11(7-12)9-19-16-10-20-17(23)14-8-13(21-22(14)16)15-5-2-6-24-15/h1-8,16,19H,9-10H2,(H,20,23)/t16-/m1/s1. The van der Waals surface area contributed by atoms with Gasteiger partial charge >= 0.3 is 0 Å². The molecule has 3 heterocycles. The molecular weight excluding hydrogens is 344 g/mol. The number of carbonyl (C=O) groups excluding carboxylic acids is 1. The van der Waals surface area contributed by atoms with Crippen LogP contribution in [0.2, 0.25) is 5.02 Å². The van der Waals surface area contributed by atoms with Crippen LogP contribution in [-0.4, -0.2) is 22.2 Å². The van der Waals surface area contributed by atoms with Crippen LogP contribution >= 0.6 is 22.9 Å². The summed E-state index contributed by atoms with van der Waals surface area (Å²) in [7, 11) is 0. The molecule has 1 aromatic carbocycles. The zero-order valence-electron chi connectivity index (χ0n) is 12.7. The fourth-order valence-corrected chi connectivity index (χ4v) is 3.65. The quantitative estimate of drug-likeness (QED) is 0.752. The second-order valence-electron chi connectivity index (χ2n) is 5.57. The lowest BCUT2D eigenvalue weighted by Gasteiger charge is -2.25. The summed E-state index contributed by atoms with van der Waals surface area (Å²) in [4.78, 5) is 13.2. The number of carbonyl (C=O) groups is 1. The first kappa shape index (κ1) is 15.4. The van der Waals surface area contributed by atoms with E-state index in [2.05, 4.69) is 15.7 Å². The summed E-state index contributed by atoms with van der Waals surface area (Å²) in [6.45, 7) is 1.15. The lowest BCUT2D eigenvalue weighted by molar-refractivity contribution is 0.0900. The van der Waals surface area contributed by atoms with E-state index in [1.165, 1.54) is 0 Å². The number of hydrogen-bond acceptors (Lipinski definition) is 4. The maximum atomic E-state index is 12.1. The Hall–Kier alpha value is -2.15. The molecule has 0 spiro atoms. The smallest absolute Gasteiger partial charge is 0.269 e. The molecule has 0 fully saturated rings. The van der Waals surface area contributed by atoms with Crippen molar-refractivity contribution in [2.75, 3.05) is 6.54 Å². The molecule has 4 rings (SSSR count). The van der Waals surface area contributed by atoms with Gasteiger partial charge in [0.15, 0.2) is 0 Å². The van der Waals surface area contributed by atoms with Crippen LogP contribution in [0, 0.1) is 0 Å². The predicted octanol–water partition coefficient (Wildman–Crippen LogP) is 3.30. The summed E-state index contributed by atoms with van der Waals surface area (Å²) in [6.07, 6.45) is -0.0922. The monoisotopic (exact) mass is 358 g/mol. The number of rotatable bonds is 4. The highest BCUT2D eigenvalue weighted by Gasteiger charge is 2.27. The van der Waals surface area contributed by atoms with Crippen LogP contribution in [-0.2, 0) is 6.54 Å². The Morgan fingerprint density at radius 1 is 1.33 bits per heavy atom. The van der Waals surface area contributed by atoms with Crippen molar-refractivity contribution < 1.29 is 4.79 Å². The van der Waals surface area contributed by atoms with Gasteiger partial charge in [-0.05, 0) is 35.2 Å². The lowest BCUT2D eigenvalue weighted by Crippen LogP contribution is -2.45. The zero-order valence-corrected chi connectivity index (χ0v) is 14.3. The van der Waals surface area contributed by atoms with E-state index in [0.717, 1.165) is 16.1 Å². The average molecular weight is 359 g/mol. The molecule has 24 heavy (non-hydrogen) atoms. The van der Waals surface area contributed by atoms with Crippen molar-refractivity contribution in [3.05, 3.63) is 64.1 Å². The topological polar surface area (TPSA) is 59.0 Å². The first-order valence-electron chi connectivity index (χ1n) is 7.60.